The van der Waals surface area contributed by atoms with Gasteiger partial charge in [-0.25, -0.2) is 9.97 Å². The minimum atomic E-state index is -0.122. The van der Waals surface area contributed by atoms with E-state index in [1.165, 1.54) is 5.69 Å². The molecule has 1 aliphatic heterocycles. The Balaban J connectivity index is 1.56. The summed E-state index contributed by atoms with van der Waals surface area (Å²) in [5.74, 6) is 1.41. The van der Waals surface area contributed by atoms with Crippen molar-refractivity contribution in [2.24, 2.45) is 0 Å². The van der Waals surface area contributed by atoms with Crippen LogP contribution in [-0.4, -0.2) is 55.7 Å². The topological polar surface area (TPSA) is 70.6 Å². The fraction of sp³-hybridized carbons (Fsp3) is 0.421. The minimum absolute atomic E-state index is 0.122. The summed E-state index contributed by atoms with van der Waals surface area (Å²) < 4.78 is 5.21. The van der Waals surface area contributed by atoms with Crippen molar-refractivity contribution in [2.45, 2.75) is 13.3 Å². The molecule has 1 fully saturated rings. The van der Waals surface area contributed by atoms with Crippen molar-refractivity contribution in [2.75, 3.05) is 49.6 Å². The van der Waals surface area contributed by atoms with E-state index < -0.39 is 0 Å². The summed E-state index contributed by atoms with van der Waals surface area (Å²) >= 11 is 0. The predicted molar refractivity (Wildman–Crippen MR) is 102 cm³/mol. The zero-order valence-corrected chi connectivity index (χ0v) is 15.3. The van der Waals surface area contributed by atoms with Crippen LogP contribution in [0.3, 0.4) is 0 Å². The maximum absolute atomic E-state index is 11.9. The van der Waals surface area contributed by atoms with E-state index in [-0.39, 0.29) is 5.91 Å². The molecule has 26 heavy (non-hydrogen) atoms. The van der Waals surface area contributed by atoms with Gasteiger partial charge in [-0.3, -0.25) is 4.79 Å². The Hall–Kier alpha value is -2.83. The predicted octanol–water partition coefficient (Wildman–Crippen LogP) is 1.95. The molecule has 1 saturated heterocycles. The summed E-state index contributed by atoms with van der Waals surface area (Å²) in [6.07, 6.45) is 4.11. The van der Waals surface area contributed by atoms with Crippen LogP contribution in [0.15, 0.2) is 36.7 Å². The Kier molecular flexibility index (Phi) is 5.88. The van der Waals surface area contributed by atoms with Crippen molar-refractivity contribution in [3.05, 3.63) is 42.2 Å². The van der Waals surface area contributed by atoms with Gasteiger partial charge in [-0.2, -0.15) is 0 Å². The maximum atomic E-state index is 11.9. The number of hydrogen-bond acceptors (Lipinski definition) is 6. The van der Waals surface area contributed by atoms with Crippen molar-refractivity contribution in [3.63, 3.8) is 0 Å². The van der Waals surface area contributed by atoms with Gasteiger partial charge in [-0.05, 0) is 30.7 Å². The number of ether oxygens (including phenoxy) is 1. The van der Waals surface area contributed by atoms with E-state index in [1.54, 1.807) is 19.5 Å². The average molecular weight is 355 g/mol. The van der Waals surface area contributed by atoms with Crippen LogP contribution in [0.1, 0.15) is 23.7 Å². The second kappa shape index (κ2) is 8.51. The monoisotopic (exact) mass is 355 g/mol. The fourth-order valence-corrected chi connectivity index (χ4v) is 2.90. The van der Waals surface area contributed by atoms with E-state index in [0.717, 1.165) is 38.3 Å². The van der Waals surface area contributed by atoms with Crippen LogP contribution in [-0.2, 0) is 0 Å². The second-order valence-electron chi connectivity index (χ2n) is 6.20. The first-order chi connectivity index (χ1) is 12.7. The number of nitrogens with zero attached hydrogens (tertiary/aromatic N) is 4. The van der Waals surface area contributed by atoms with Crippen molar-refractivity contribution >= 4 is 17.5 Å². The SMILES string of the molecule is CCCNC(=O)c1cnc(N2CCN(c3ccc(OC)cc3)CC2)nc1. The standard InChI is InChI=1S/C19H25N5O2/c1-3-8-20-18(25)15-13-21-19(22-14-15)24-11-9-23(10-12-24)16-4-6-17(26-2)7-5-16/h4-7,13-14H,3,8-12H2,1-2H3,(H,20,25). The molecule has 1 amide bonds. The van der Waals surface area contributed by atoms with E-state index in [1.807, 2.05) is 19.1 Å². The molecule has 0 aliphatic carbocycles. The van der Waals surface area contributed by atoms with Crippen molar-refractivity contribution in [3.8, 4) is 5.75 Å². The van der Waals surface area contributed by atoms with Gasteiger partial charge in [0.25, 0.3) is 5.91 Å². The Morgan fingerprint density at radius 3 is 2.27 bits per heavy atom. The Labute approximate surface area is 154 Å². The third-order valence-corrected chi connectivity index (χ3v) is 4.44. The highest BCUT2D eigenvalue weighted by Gasteiger charge is 2.19. The lowest BCUT2D eigenvalue weighted by atomic mass is 10.2. The zero-order valence-electron chi connectivity index (χ0n) is 15.3. The smallest absolute Gasteiger partial charge is 0.254 e. The lowest BCUT2D eigenvalue weighted by molar-refractivity contribution is 0.0953. The molecule has 2 heterocycles. The summed E-state index contributed by atoms with van der Waals surface area (Å²) in [7, 11) is 1.67. The van der Waals surface area contributed by atoms with Crippen molar-refractivity contribution in [1.29, 1.82) is 0 Å². The molecule has 1 aromatic heterocycles. The van der Waals surface area contributed by atoms with Gasteiger partial charge in [0.15, 0.2) is 0 Å². The maximum Gasteiger partial charge on any atom is 0.254 e. The van der Waals surface area contributed by atoms with E-state index in [9.17, 15) is 4.79 Å². The van der Waals surface area contributed by atoms with Gasteiger partial charge in [0, 0.05) is 50.8 Å². The number of nitrogens with one attached hydrogen (secondary N) is 1. The Morgan fingerprint density at radius 1 is 1.08 bits per heavy atom. The normalized spacial score (nSPS) is 14.2. The highest BCUT2D eigenvalue weighted by Crippen LogP contribution is 2.21. The number of benzene rings is 1. The summed E-state index contributed by atoms with van der Waals surface area (Å²) in [5, 5.41) is 2.83. The number of carbonyl (C=O) groups excluding carboxylic acids is 1. The molecule has 1 aromatic carbocycles. The number of hydrogen-bond donors (Lipinski definition) is 1. The number of amides is 1. The highest BCUT2D eigenvalue weighted by atomic mass is 16.5. The minimum Gasteiger partial charge on any atom is -0.497 e. The Morgan fingerprint density at radius 2 is 1.69 bits per heavy atom. The molecule has 0 radical (unpaired) electrons. The Bertz CT molecular complexity index is 710. The third-order valence-electron chi connectivity index (χ3n) is 4.44. The van der Waals surface area contributed by atoms with Crippen LogP contribution < -0.4 is 19.9 Å². The van der Waals surface area contributed by atoms with Crippen LogP contribution >= 0.6 is 0 Å². The van der Waals surface area contributed by atoms with Crippen LogP contribution in [0.2, 0.25) is 0 Å². The summed E-state index contributed by atoms with van der Waals surface area (Å²) in [4.78, 5) is 25.1. The van der Waals surface area contributed by atoms with Gasteiger partial charge < -0.3 is 19.9 Å². The van der Waals surface area contributed by atoms with E-state index in [2.05, 4.69) is 37.2 Å². The number of methoxy groups -OCH3 is 1. The molecule has 7 heteroatoms. The molecule has 0 saturated carbocycles. The molecule has 7 nitrogen and oxygen atoms in total. The molecule has 3 rings (SSSR count). The summed E-state index contributed by atoms with van der Waals surface area (Å²) in [6.45, 7) is 6.16. The molecule has 0 atom stereocenters. The molecular weight excluding hydrogens is 330 g/mol. The number of anilines is 2. The lowest BCUT2D eigenvalue weighted by Crippen LogP contribution is -2.47. The van der Waals surface area contributed by atoms with E-state index in [4.69, 9.17) is 4.74 Å². The molecule has 138 valence electrons. The number of carbonyl (C=O) groups is 1. The molecule has 0 unspecified atom stereocenters. The highest BCUT2D eigenvalue weighted by molar-refractivity contribution is 5.93. The van der Waals surface area contributed by atoms with Crippen molar-refractivity contribution < 1.29 is 9.53 Å². The summed E-state index contributed by atoms with van der Waals surface area (Å²) in [5.41, 5.74) is 1.69. The van der Waals surface area contributed by atoms with Crippen LogP contribution in [0, 0.1) is 0 Å². The van der Waals surface area contributed by atoms with Gasteiger partial charge in [0.1, 0.15) is 5.75 Å². The van der Waals surface area contributed by atoms with Gasteiger partial charge in [0.05, 0.1) is 12.7 Å². The first kappa shape index (κ1) is 18.0. The number of piperazine rings is 1. The number of rotatable bonds is 6. The third kappa shape index (κ3) is 4.22. The molecule has 2 aromatic rings. The first-order valence-electron chi connectivity index (χ1n) is 8.95. The van der Waals surface area contributed by atoms with Gasteiger partial charge in [-0.1, -0.05) is 6.92 Å². The van der Waals surface area contributed by atoms with E-state index >= 15 is 0 Å². The van der Waals surface area contributed by atoms with Gasteiger partial charge in [-0.15, -0.1) is 0 Å². The quantitative estimate of drug-likeness (QED) is 0.854. The largest absolute Gasteiger partial charge is 0.497 e. The van der Waals surface area contributed by atoms with E-state index in [0.29, 0.717) is 18.1 Å². The summed E-state index contributed by atoms with van der Waals surface area (Å²) in [6, 6.07) is 8.11. The molecule has 1 N–H and O–H groups in total. The van der Waals surface area contributed by atoms with Gasteiger partial charge >= 0.3 is 0 Å². The fourth-order valence-electron chi connectivity index (χ4n) is 2.90. The van der Waals surface area contributed by atoms with Gasteiger partial charge in [0.2, 0.25) is 5.95 Å². The first-order valence-corrected chi connectivity index (χ1v) is 8.95. The van der Waals surface area contributed by atoms with Crippen LogP contribution in [0.5, 0.6) is 5.75 Å². The molecular formula is C19H25N5O2. The number of aromatic nitrogens is 2. The average Bonchev–Trinajstić information content (AvgIpc) is 2.72. The molecule has 1 aliphatic rings. The second-order valence-corrected chi connectivity index (χ2v) is 6.20. The van der Waals surface area contributed by atoms with Crippen LogP contribution in [0.25, 0.3) is 0 Å². The lowest BCUT2D eigenvalue weighted by Gasteiger charge is -2.36. The molecule has 0 spiro atoms. The zero-order chi connectivity index (χ0) is 18.4. The van der Waals surface area contributed by atoms with Crippen molar-refractivity contribution in [1.82, 2.24) is 15.3 Å². The molecule has 0 bridgehead atoms. The van der Waals surface area contributed by atoms with Crippen LogP contribution in [0.4, 0.5) is 11.6 Å².